The summed E-state index contributed by atoms with van der Waals surface area (Å²) in [4.78, 5) is 12.1. The van der Waals surface area contributed by atoms with E-state index in [1.165, 1.54) is 55.2 Å². The third-order valence-electron chi connectivity index (χ3n) is 3.48. The molecule has 124 valence electrons. The average Bonchev–Trinajstić information content (AvgIpc) is 2.85. The summed E-state index contributed by atoms with van der Waals surface area (Å²) in [6.45, 7) is 7.86. The van der Waals surface area contributed by atoms with Crippen molar-refractivity contribution in [1.82, 2.24) is 15.5 Å². The van der Waals surface area contributed by atoms with Crippen molar-refractivity contribution in [2.45, 2.75) is 81.0 Å². The van der Waals surface area contributed by atoms with Gasteiger partial charge in [0.05, 0.1) is 5.25 Å². The first-order valence-corrected chi connectivity index (χ1v) is 9.62. The molecule has 1 atom stereocenters. The minimum Gasteiger partial charge on any atom is -0.357 e. The van der Waals surface area contributed by atoms with Crippen LogP contribution in [-0.4, -0.2) is 32.9 Å². The summed E-state index contributed by atoms with van der Waals surface area (Å²) in [5.41, 5.74) is -0.208. The summed E-state index contributed by atoms with van der Waals surface area (Å²) in [5, 5.41) is 15.6. The van der Waals surface area contributed by atoms with E-state index in [-0.39, 0.29) is 16.7 Å². The smallest absolute Gasteiger partial charge is 0.233 e. The Balaban J connectivity index is 1.84. The summed E-state index contributed by atoms with van der Waals surface area (Å²) in [5.74, 6) is 0.0366. The average molecular weight is 343 g/mol. The van der Waals surface area contributed by atoms with Crippen LogP contribution in [0.2, 0.25) is 0 Å². The van der Waals surface area contributed by atoms with E-state index in [0.29, 0.717) is 6.04 Å². The zero-order valence-electron chi connectivity index (χ0n) is 13.8. The third kappa shape index (κ3) is 5.76. The van der Waals surface area contributed by atoms with Crippen LogP contribution in [0.4, 0.5) is 5.13 Å². The van der Waals surface area contributed by atoms with E-state index in [9.17, 15) is 4.79 Å². The van der Waals surface area contributed by atoms with Crippen molar-refractivity contribution in [3.05, 3.63) is 0 Å². The summed E-state index contributed by atoms with van der Waals surface area (Å²) in [6.07, 6.45) is 6.36. The van der Waals surface area contributed by atoms with E-state index in [1.807, 2.05) is 27.7 Å². The number of anilines is 1. The summed E-state index contributed by atoms with van der Waals surface area (Å²) < 4.78 is 0.842. The maximum atomic E-state index is 12.1. The molecule has 1 unspecified atom stereocenters. The van der Waals surface area contributed by atoms with Crippen LogP contribution in [0.15, 0.2) is 4.34 Å². The van der Waals surface area contributed by atoms with Gasteiger partial charge < -0.3 is 10.6 Å². The second kappa shape index (κ2) is 7.64. The lowest BCUT2D eigenvalue weighted by atomic mass is 9.96. The van der Waals surface area contributed by atoms with E-state index in [1.54, 1.807) is 0 Å². The number of hydrogen-bond acceptors (Lipinski definition) is 6. The Hall–Kier alpha value is -0.820. The van der Waals surface area contributed by atoms with E-state index in [4.69, 9.17) is 0 Å². The molecule has 2 rings (SSSR count). The van der Waals surface area contributed by atoms with Gasteiger partial charge in [-0.25, -0.2) is 0 Å². The van der Waals surface area contributed by atoms with E-state index in [0.717, 1.165) is 9.47 Å². The molecule has 7 heteroatoms. The minimum absolute atomic E-state index is 0.0366. The maximum absolute atomic E-state index is 12.1. The van der Waals surface area contributed by atoms with E-state index in [2.05, 4.69) is 20.8 Å². The lowest BCUT2D eigenvalue weighted by Gasteiger charge is -2.22. The zero-order valence-corrected chi connectivity index (χ0v) is 15.4. The number of thioether (sulfide) groups is 1. The zero-order chi connectivity index (χ0) is 16.2. The number of nitrogens with one attached hydrogen (secondary N) is 2. The Labute approximate surface area is 141 Å². The quantitative estimate of drug-likeness (QED) is 0.799. The summed E-state index contributed by atoms with van der Waals surface area (Å²) in [6, 6.07) is 0.529. The Morgan fingerprint density at radius 1 is 1.27 bits per heavy atom. The van der Waals surface area contributed by atoms with Crippen LogP contribution < -0.4 is 10.6 Å². The van der Waals surface area contributed by atoms with Crippen LogP contribution in [0, 0.1) is 0 Å². The molecule has 1 amide bonds. The molecule has 1 aromatic heterocycles. The molecule has 5 nitrogen and oxygen atoms in total. The molecular formula is C15H26N4OS2. The SMILES string of the molecule is CC(Sc1nnc(NC2CCCCC2)s1)C(=O)NC(C)(C)C. The number of aromatic nitrogens is 2. The second-order valence-electron chi connectivity index (χ2n) is 6.85. The first kappa shape index (κ1) is 17.5. The molecule has 1 aromatic rings. The monoisotopic (exact) mass is 342 g/mol. The minimum atomic E-state index is -0.208. The predicted molar refractivity (Wildman–Crippen MR) is 93.6 cm³/mol. The van der Waals surface area contributed by atoms with Crippen molar-refractivity contribution in [3.8, 4) is 0 Å². The molecule has 0 radical (unpaired) electrons. The molecule has 1 aliphatic rings. The third-order valence-corrected chi connectivity index (χ3v) is 5.52. The standard InChI is InChI=1S/C15H26N4OS2/c1-10(12(20)17-15(2,3)4)21-14-19-18-13(22-14)16-11-8-6-5-7-9-11/h10-11H,5-9H2,1-4H3,(H,16,18)(H,17,20). The maximum Gasteiger partial charge on any atom is 0.233 e. The number of amides is 1. The van der Waals surface area contributed by atoms with Crippen molar-refractivity contribution >= 4 is 34.1 Å². The highest BCUT2D eigenvalue weighted by atomic mass is 32.2. The molecule has 1 heterocycles. The Morgan fingerprint density at radius 2 is 1.95 bits per heavy atom. The molecule has 22 heavy (non-hydrogen) atoms. The first-order chi connectivity index (χ1) is 10.3. The van der Waals surface area contributed by atoms with Gasteiger partial charge in [0, 0.05) is 11.6 Å². The topological polar surface area (TPSA) is 66.9 Å². The van der Waals surface area contributed by atoms with Gasteiger partial charge in [0.1, 0.15) is 0 Å². The van der Waals surface area contributed by atoms with Gasteiger partial charge in [-0.2, -0.15) is 0 Å². The lowest BCUT2D eigenvalue weighted by molar-refractivity contribution is -0.121. The highest BCUT2D eigenvalue weighted by Crippen LogP contribution is 2.30. The number of nitrogens with zero attached hydrogens (tertiary/aromatic N) is 2. The molecule has 0 bridgehead atoms. The van der Waals surface area contributed by atoms with Crippen LogP contribution in [0.5, 0.6) is 0 Å². The second-order valence-corrected chi connectivity index (χ2v) is 9.42. The molecule has 0 saturated heterocycles. The number of rotatable bonds is 5. The summed E-state index contributed by atoms with van der Waals surface area (Å²) in [7, 11) is 0. The Kier molecular flexibility index (Phi) is 6.09. The number of carbonyl (C=O) groups excluding carboxylic acids is 1. The van der Waals surface area contributed by atoms with Crippen LogP contribution in [0.3, 0.4) is 0 Å². The molecular weight excluding hydrogens is 316 g/mol. The highest BCUT2D eigenvalue weighted by Gasteiger charge is 2.22. The number of carbonyl (C=O) groups is 1. The van der Waals surface area contributed by atoms with Gasteiger partial charge in [-0.1, -0.05) is 42.4 Å². The molecule has 0 aliphatic heterocycles. The van der Waals surface area contributed by atoms with Crippen LogP contribution >= 0.6 is 23.1 Å². The molecule has 2 N–H and O–H groups in total. The Bertz CT molecular complexity index is 492. The van der Waals surface area contributed by atoms with E-state index >= 15 is 0 Å². The van der Waals surface area contributed by atoms with Crippen LogP contribution in [0.1, 0.15) is 59.8 Å². The van der Waals surface area contributed by atoms with Gasteiger partial charge >= 0.3 is 0 Å². The largest absolute Gasteiger partial charge is 0.357 e. The fourth-order valence-electron chi connectivity index (χ4n) is 2.41. The van der Waals surface area contributed by atoms with Crippen molar-refractivity contribution < 1.29 is 4.79 Å². The van der Waals surface area contributed by atoms with Crippen molar-refractivity contribution in [2.24, 2.45) is 0 Å². The van der Waals surface area contributed by atoms with Gasteiger partial charge in [0.25, 0.3) is 0 Å². The fourth-order valence-corrected chi connectivity index (χ4v) is 4.39. The first-order valence-electron chi connectivity index (χ1n) is 7.92. The molecule has 0 aromatic carbocycles. The van der Waals surface area contributed by atoms with Gasteiger partial charge in [0.2, 0.25) is 11.0 Å². The van der Waals surface area contributed by atoms with Crippen molar-refractivity contribution in [3.63, 3.8) is 0 Å². The highest BCUT2D eigenvalue weighted by molar-refractivity contribution is 8.02. The van der Waals surface area contributed by atoms with Gasteiger partial charge in [-0.05, 0) is 40.5 Å². The normalized spacial score (nSPS) is 18.0. The van der Waals surface area contributed by atoms with Crippen LogP contribution in [0.25, 0.3) is 0 Å². The van der Waals surface area contributed by atoms with Gasteiger partial charge in [-0.3, -0.25) is 4.79 Å². The molecule has 0 spiro atoms. The number of hydrogen-bond donors (Lipinski definition) is 2. The summed E-state index contributed by atoms with van der Waals surface area (Å²) >= 11 is 3.01. The molecule has 1 aliphatic carbocycles. The van der Waals surface area contributed by atoms with E-state index < -0.39 is 0 Å². The van der Waals surface area contributed by atoms with Gasteiger partial charge in [0.15, 0.2) is 4.34 Å². The Morgan fingerprint density at radius 3 is 2.59 bits per heavy atom. The van der Waals surface area contributed by atoms with Crippen molar-refractivity contribution in [1.29, 1.82) is 0 Å². The molecule has 1 fully saturated rings. The lowest BCUT2D eigenvalue weighted by Crippen LogP contribution is -2.44. The van der Waals surface area contributed by atoms with Crippen molar-refractivity contribution in [2.75, 3.05) is 5.32 Å². The predicted octanol–water partition coefficient (Wildman–Crippen LogP) is 3.68. The fraction of sp³-hybridized carbons (Fsp3) is 0.800. The van der Waals surface area contributed by atoms with Crippen LogP contribution in [-0.2, 0) is 4.79 Å². The molecule has 1 saturated carbocycles. The van der Waals surface area contributed by atoms with Gasteiger partial charge in [-0.15, -0.1) is 10.2 Å².